The predicted molar refractivity (Wildman–Crippen MR) is 68.4 cm³/mol. The molecule has 0 bridgehead atoms. The van der Waals surface area contributed by atoms with Crippen LogP contribution in [0, 0.1) is 0 Å². The summed E-state index contributed by atoms with van der Waals surface area (Å²) in [5.41, 5.74) is 6.43. The van der Waals surface area contributed by atoms with Gasteiger partial charge in [-0.1, -0.05) is 47.6 Å². The standard InChI is InChI=1S/C16H18/c1-12-9-14-7-8-15(11-16(14)10-12)13-5-3-2-4-6-13/h2-6,9,15H,7-8,10-11H2,1H3. The molecule has 82 valence electrons. The van der Waals surface area contributed by atoms with Gasteiger partial charge >= 0.3 is 0 Å². The molecule has 0 heteroatoms. The quantitative estimate of drug-likeness (QED) is 0.635. The molecule has 0 saturated heterocycles. The first-order chi connectivity index (χ1) is 7.83. The van der Waals surface area contributed by atoms with E-state index in [2.05, 4.69) is 43.3 Å². The predicted octanol–water partition coefficient (Wildman–Crippen LogP) is 4.60. The van der Waals surface area contributed by atoms with Gasteiger partial charge in [-0.3, -0.25) is 0 Å². The summed E-state index contributed by atoms with van der Waals surface area (Å²) in [6, 6.07) is 11.0. The van der Waals surface area contributed by atoms with Gasteiger partial charge in [0.1, 0.15) is 0 Å². The van der Waals surface area contributed by atoms with Gasteiger partial charge in [-0.15, -0.1) is 0 Å². The van der Waals surface area contributed by atoms with Crippen molar-refractivity contribution in [3.63, 3.8) is 0 Å². The van der Waals surface area contributed by atoms with Gasteiger partial charge in [-0.2, -0.15) is 0 Å². The Hall–Kier alpha value is -1.30. The van der Waals surface area contributed by atoms with Crippen LogP contribution in [0.5, 0.6) is 0 Å². The highest BCUT2D eigenvalue weighted by atomic mass is 14.3. The molecule has 3 rings (SSSR count). The van der Waals surface area contributed by atoms with Gasteiger partial charge in [0.05, 0.1) is 0 Å². The Balaban J connectivity index is 1.80. The summed E-state index contributed by atoms with van der Waals surface area (Å²) < 4.78 is 0. The van der Waals surface area contributed by atoms with Crippen molar-refractivity contribution in [1.82, 2.24) is 0 Å². The Bertz CT molecular complexity index is 448. The zero-order valence-corrected chi connectivity index (χ0v) is 9.87. The van der Waals surface area contributed by atoms with E-state index in [1.54, 1.807) is 16.7 Å². The topological polar surface area (TPSA) is 0 Å². The van der Waals surface area contributed by atoms with Crippen molar-refractivity contribution in [3.8, 4) is 0 Å². The first kappa shape index (κ1) is 9.89. The van der Waals surface area contributed by atoms with E-state index in [0.29, 0.717) is 0 Å². The van der Waals surface area contributed by atoms with Crippen LogP contribution in [0.15, 0.2) is 53.1 Å². The summed E-state index contributed by atoms with van der Waals surface area (Å²) in [4.78, 5) is 0. The number of hydrogen-bond acceptors (Lipinski definition) is 0. The van der Waals surface area contributed by atoms with Crippen molar-refractivity contribution < 1.29 is 0 Å². The first-order valence-corrected chi connectivity index (χ1v) is 6.26. The highest BCUT2D eigenvalue weighted by molar-refractivity contribution is 5.41. The Morgan fingerprint density at radius 2 is 1.94 bits per heavy atom. The fourth-order valence-electron chi connectivity index (χ4n) is 3.09. The van der Waals surface area contributed by atoms with Crippen LogP contribution in [-0.4, -0.2) is 0 Å². The summed E-state index contributed by atoms with van der Waals surface area (Å²) in [5, 5.41) is 0. The van der Waals surface area contributed by atoms with E-state index >= 15 is 0 Å². The maximum atomic E-state index is 2.41. The fourth-order valence-corrected chi connectivity index (χ4v) is 3.09. The van der Waals surface area contributed by atoms with Gasteiger partial charge in [-0.05, 0) is 49.7 Å². The molecular weight excluding hydrogens is 192 g/mol. The molecule has 1 aromatic rings. The Morgan fingerprint density at radius 1 is 1.12 bits per heavy atom. The van der Waals surface area contributed by atoms with Gasteiger partial charge in [0, 0.05) is 0 Å². The molecule has 16 heavy (non-hydrogen) atoms. The molecule has 0 amide bonds. The average Bonchev–Trinajstić information content (AvgIpc) is 2.69. The second kappa shape index (κ2) is 3.93. The summed E-state index contributed by atoms with van der Waals surface area (Å²) in [7, 11) is 0. The van der Waals surface area contributed by atoms with Crippen LogP contribution in [0.25, 0.3) is 0 Å². The van der Waals surface area contributed by atoms with Crippen molar-refractivity contribution in [2.24, 2.45) is 0 Å². The maximum Gasteiger partial charge on any atom is -0.0102 e. The Morgan fingerprint density at radius 3 is 2.75 bits per heavy atom. The van der Waals surface area contributed by atoms with E-state index < -0.39 is 0 Å². The Kier molecular flexibility index (Phi) is 2.43. The van der Waals surface area contributed by atoms with Crippen LogP contribution >= 0.6 is 0 Å². The van der Waals surface area contributed by atoms with Gasteiger partial charge < -0.3 is 0 Å². The number of allylic oxidation sites excluding steroid dienone is 4. The molecule has 0 nitrogen and oxygen atoms in total. The molecule has 0 aromatic heterocycles. The molecular formula is C16H18. The molecule has 0 aliphatic heterocycles. The largest absolute Gasteiger partial charge is 0.0690 e. The van der Waals surface area contributed by atoms with E-state index in [-0.39, 0.29) is 0 Å². The second-order valence-corrected chi connectivity index (χ2v) is 5.15. The third kappa shape index (κ3) is 1.73. The fraction of sp³-hybridized carbons (Fsp3) is 0.375. The molecule has 2 aliphatic rings. The smallest absolute Gasteiger partial charge is 0.0102 e. The van der Waals surface area contributed by atoms with Crippen molar-refractivity contribution in [2.45, 2.75) is 38.5 Å². The minimum atomic E-state index is 0.763. The van der Waals surface area contributed by atoms with Gasteiger partial charge in [0.15, 0.2) is 0 Å². The molecule has 1 atom stereocenters. The minimum absolute atomic E-state index is 0.763. The summed E-state index contributed by atoms with van der Waals surface area (Å²) >= 11 is 0. The normalized spacial score (nSPS) is 24.3. The van der Waals surface area contributed by atoms with Crippen LogP contribution in [0.4, 0.5) is 0 Å². The Labute approximate surface area is 97.7 Å². The van der Waals surface area contributed by atoms with Gasteiger partial charge in [-0.25, -0.2) is 0 Å². The molecule has 0 spiro atoms. The van der Waals surface area contributed by atoms with Crippen LogP contribution in [-0.2, 0) is 0 Å². The van der Waals surface area contributed by atoms with Crippen molar-refractivity contribution in [2.75, 3.05) is 0 Å². The van der Waals surface area contributed by atoms with Crippen molar-refractivity contribution >= 4 is 0 Å². The summed E-state index contributed by atoms with van der Waals surface area (Å²) in [6.07, 6.45) is 7.54. The van der Waals surface area contributed by atoms with E-state index in [9.17, 15) is 0 Å². The SMILES string of the molecule is CC1=CC2=C(C1)CC(c1ccccc1)CC2. The summed E-state index contributed by atoms with van der Waals surface area (Å²) in [5.74, 6) is 0.763. The van der Waals surface area contributed by atoms with Crippen LogP contribution in [0.3, 0.4) is 0 Å². The minimum Gasteiger partial charge on any atom is -0.0690 e. The number of benzene rings is 1. The second-order valence-electron chi connectivity index (χ2n) is 5.15. The van der Waals surface area contributed by atoms with Crippen molar-refractivity contribution in [3.05, 3.63) is 58.7 Å². The lowest BCUT2D eigenvalue weighted by atomic mass is 9.81. The van der Waals surface area contributed by atoms with Crippen LogP contribution < -0.4 is 0 Å². The highest BCUT2D eigenvalue weighted by Crippen LogP contribution is 2.42. The van der Waals surface area contributed by atoms with Crippen LogP contribution in [0.1, 0.15) is 44.1 Å². The highest BCUT2D eigenvalue weighted by Gasteiger charge is 2.24. The third-order valence-electron chi connectivity index (χ3n) is 3.89. The lowest BCUT2D eigenvalue weighted by Crippen LogP contribution is -2.06. The first-order valence-electron chi connectivity index (χ1n) is 6.26. The lowest BCUT2D eigenvalue weighted by Gasteiger charge is -2.24. The van der Waals surface area contributed by atoms with Gasteiger partial charge in [0.25, 0.3) is 0 Å². The van der Waals surface area contributed by atoms with Crippen LogP contribution in [0.2, 0.25) is 0 Å². The zero-order valence-electron chi connectivity index (χ0n) is 9.87. The van der Waals surface area contributed by atoms with E-state index in [1.807, 2.05) is 0 Å². The molecule has 2 aliphatic carbocycles. The molecule has 0 N–H and O–H groups in total. The molecule has 0 saturated carbocycles. The van der Waals surface area contributed by atoms with E-state index in [4.69, 9.17) is 0 Å². The van der Waals surface area contributed by atoms with E-state index in [1.165, 1.54) is 31.2 Å². The number of rotatable bonds is 1. The molecule has 0 radical (unpaired) electrons. The molecule has 0 heterocycles. The number of hydrogen-bond donors (Lipinski definition) is 0. The molecule has 1 aromatic carbocycles. The molecule has 1 unspecified atom stereocenters. The maximum absolute atomic E-state index is 2.41. The molecule has 0 fully saturated rings. The third-order valence-corrected chi connectivity index (χ3v) is 3.89. The average molecular weight is 210 g/mol. The van der Waals surface area contributed by atoms with Gasteiger partial charge in [0.2, 0.25) is 0 Å². The summed E-state index contributed by atoms with van der Waals surface area (Å²) in [6.45, 7) is 2.26. The van der Waals surface area contributed by atoms with Crippen molar-refractivity contribution in [1.29, 1.82) is 0 Å². The monoisotopic (exact) mass is 210 g/mol. The zero-order chi connectivity index (χ0) is 11.0. The lowest BCUT2D eigenvalue weighted by molar-refractivity contribution is 0.581. The van der Waals surface area contributed by atoms with E-state index in [0.717, 1.165) is 5.92 Å².